The highest BCUT2D eigenvalue weighted by molar-refractivity contribution is 6.04. The number of hydrogen-bond acceptors (Lipinski definition) is 3. The maximum absolute atomic E-state index is 13.6. The van der Waals surface area contributed by atoms with Crippen LogP contribution in [0.4, 0.5) is 10.1 Å². The van der Waals surface area contributed by atoms with Crippen molar-refractivity contribution in [2.45, 2.75) is 113 Å². The molecule has 2 atom stereocenters. The van der Waals surface area contributed by atoms with Crippen LogP contribution in [0.5, 0.6) is 5.75 Å². The highest BCUT2D eigenvalue weighted by Gasteiger charge is 2.26. The molecule has 0 spiro atoms. The van der Waals surface area contributed by atoms with Gasteiger partial charge in [-0.1, -0.05) is 84.7 Å². The third-order valence-corrected chi connectivity index (χ3v) is 11.7. The fraction of sp³-hybridized carbons (Fsp3) is 0.449. The first-order valence-corrected chi connectivity index (χ1v) is 20.9. The SMILES string of the molecule is CC.CCCN(CCC(C)CC)CC(C)Cn1c(C)c(C)c2cc(Cc3ccc(C(=O)Nc4cc(O)c(-c5ccc(F)cc5)c(C5CCC5)c4)cc3)ccc21. The average molecular weight is 746 g/mol. The van der Waals surface area contributed by atoms with Gasteiger partial charge in [0.2, 0.25) is 0 Å². The molecule has 1 saturated carbocycles. The highest BCUT2D eigenvalue weighted by Crippen LogP contribution is 2.46. The Bertz CT molecular complexity index is 2010. The average Bonchev–Trinajstić information content (AvgIpc) is 3.38. The smallest absolute Gasteiger partial charge is 0.255 e. The zero-order valence-electron chi connectivity index (χ0n) is 34.6. The summed E-state index contributed by atoms with van der Waals surface area (Å²) >= 11 is 0. The van der Waals surface area contributed by atoms with Gasteiger partial charge in [0.15, 0.2) is 0 Å². The number of fused-ring (bicyclic) bond motifs is 1. The van der Waals surface area contributed by atoms with Crippen LogP contribution in [0.15, 0.2) is 78.9 Å². The lowest BCUT2D eigenvalue weighted by atomic mass is 9.76. The molecule has 1 aliphatic carbocycles. The normalized spacial score (nSPS) is 14.0. The van der Waals surface area contributed by atoms with E-state index in [9.17, 15) is 14.3 Å². The highest BCUT2D eigenvalue weighted by atomic mass is 19.1. The van der Waals surface area contributed by atoms with Crippen molar-refractivity contribution in [3.8, 4) is 16.9 Å². The second kappa shape index (κ2) is 19.4. The number of halogens is 1. The van der Waals surface area contributed by atoms with E-state index >= 15 is 0 Å². The van der Waals surface area contributed by atoms with E-state index in [1.54, 1.807) is 18.2 Å². The summed E-state index contributed by atoms with van der Waals surface area (Å²) in [5, 5.41) is 15.4. The van der Waals surface area contributed by atoms with E-state index in [1.165, 1.54) is 72.2 Å². The number of aromatic nitrogens is 1. The molecule has 294 valence electrons. The summed E-state index contributed by atoms with van der Waals surface area (Å²) in [6.07, 6.45) is 7.68. The number of rotatable bonds is 16. The lowest BCUT2D eigenvalue weighted by Gasteiger charge is -2.29. The number of phenols is 1. The Hall–Kier alpha value is -4.42. The standard InChI is InChI=1S/C47H58FN3O2.C2H6/c1-7-23-50(24-22-31(3)8-2)29-32(4)30-51-34(6)33(5)42-26-36(14-21-44(42)51)25-35-12-15-39(16-13-35)47(53)49-41-27-43(37-10-9-11-37)46(45(52)28-41)38-17-19-40(48)20-18-38;1-2/h12-21,26-28,31-32,37,52H,7-11,22-25,29-30H2,1-6H3,(H,49,53);1-2H3. The molecule has 0 bridgehead atoms. The Morgan fingerprint density at radius 1 is 0.909 bits per heavy atom. The molecule has 1 heterocycles. The molecule has 1 amide bonds. The predicted molar refractivity (Wildman–Crippen MR) is 230 cm³/mol. The fourth-order valence-electron chi connectivity index (χ4n) is 7.98. The van der Waals surface area contributed by atoms with Gasteiger partial charge in [0.1, 0.15) is 11.6 Å². The summed E-state index contributed by atoms with van der Waals surface area (Å²) < 4.78 is 16.2. The molecule has 55 heavy (non-hydrogen) atoms. The topological polar surface area (TPSA) is 57.5 Å². The molecule has 0 radical (unpaired) electrons. The summed E-state index contributed by atoms with van der Waals surface area (Å²) in [4.78, 5) is 16.0. The van der Waals surface area contributed by atoms with Crippen molar-refractivity contribution in [2.24, 2.45) is 11.8 Å². The van der Waals surface area contributed by atoms with Gasteiger partial charge in [-0.3, -0.25) is 4.79 Å². The van der Waals surface area contributed by atoms with Crippen LogP contribution in [0, 0.1) is 31.5 Å². The van der Waals surface area contributed by atoms with Crippen LogP contribution in [0.1, 0.15) is 124 Å². The van der Waals surface area contributed by atoms with E-state index in [4.69, 9.17) is 0 Å². The number of hydrogen-bond donors (Lipinski definition) is 2. The van der Waals surface area contributed by atoms with Gasteiger partial charge >= 0.3 is 0 Å². The molecule has 4 aromatic carbocycles. The van der Waals surface area contributed by atoms with E-state index in [0.29, 0.717) is 28.7 Å². The van der Waals surface area contributed by atoms with Crippen molar-refractivity contribution < 1.29 is 14.3 Å². The molecular weight excluding hydrogens is 682 g/mol. The zero-order chi connectivity index (χ0) is 39.6. The van der Waals surface area contributed by atoms with E-state index < -0.39 is 0 Å². The second-order valence-electron chi connectivity index (χ2n) is 15.8. The van der Waals surface area contributed by atoms with Crippen molar-refractivity contribution in [1.29, 1.82) is 0 Å². The first-order valence-electron chi connectivity index (χ1n) is 20.9. The number of nitrogens with one attached hydrogen (secondary N) is 1. The number of amides is 1. The minimum Gasteiger partial charge on any atom is -0.507 e. The molecule has 2 unspecified atom stereocenters. The molecule has 1 aromatic heterocycles. The maximum Gasteiger partial charge on any atom is 0.255 e. The molecular formula is C49H64FN3O2. The minimum atomic E-state index is -0.313. The molecule has 2 N–H and O–H groups in total. The second-order valence-corrected chi connectivity index (χ2v) is 15.8. The van der Waals surface area contributed by atoms with E-state index in [2.05, 4.69) is 74.5 Å². The minimum absolute atomic E-state index is 0.0880. The van der Waals surface area contributed by atoms with Crippen LogP contribution in [0.3, 0.4) is 0 Å². The molecule has 6 rings (SSSR count). The number of aromatic hydroxyl groups is 1. The lowest BCUT2D eigenvalue weighted by molar-refractivity contribution is 0.102. The predicted octanol–water partition coefficient (Wildman–Crippen LogP) is 12.7. The van der Waals surface area contributed by atoms with E-state index in [1.807, 2.05) is 44.2 Å². The number of carbonyl (C=O) groups excluding carboxylic acids is 1. The Labute approximate surface area is 330 Å². The van der Waals surface area contributed by atoms with E-state index in [0.717, 1.165) is 61.4 Å². The van der Waals surface area contributed by atoms with Crippen LogP contribution in [-0.4, -0.2) is 40.1 Å². The molecule has 1 fully saturated rings. The van der Waals surface area contributed by atoms with Crippen molar-refractivity contribution in [2.75, 3.05) is 25.0 Å². The van der Waals surface area contributed by atoms with Gasteiger partial charge in [-0.2, -0.15) is 0 Å². The van der Waals surface area contributed by atoms with Crippen LogP contribution in [0.25, 0.3) is 22.0 Å². The summed E-state index contributed by atoms with van der Waals surface area (Å²) in [6.45, 7) is 22.3. The number of phenolic OH excluding ortho intramolecular Hbond substituents is 1. The van der Waals surface area contributed by atoms with Gasteiger partial charge in [0, 0.05) is 52.6 Å². The van der Waals surface area contributed by atoms with E-state index in [-0.39, 0.29) is 17.5 Å². The van der Waals surface area contributed by atoms with Crippen molar-refractivity contribution in [3.63, 3.8) is 0 Å². The molecule has 5 nitrogen and oxygen atoms in total. The van der Waals surface area contributed by atoms with Gasteiger partial charge in [-0.05, 0) is 147 Å². The Morgan fingerprint density at radius 2 is 1.60 bits per heavy atom. The number of carbonyl (C=O) groups is 1. The molecule has 5 aromatic rings. The number of nitrogens with zero attached hydrogens (tertiary/aromatic N) is 2. The van der Waals surface area contributed by atoms with Crippen LogP contribution in [-0.2, 0) is 13.0 Å². The lowest BCUT2D eigenvalue weighted by Crippen LogP contribution is -2.32. The van der Waals surface area contributed by atoms with Crippen LogP contribution in [0.2, 0.25) is 0 Å². The van der Waals surface area contributed by atoms with Gasteiger partial charge in [0.25, 0.3) is 5.91 Å². The number of aryl methyl sites for hydroxylation is 1. The summed E-state index contributed by atoms with van der Waals surface area (Å²) in [5.41, 5.74) is 10.00. The van der Waals surface area contributed by atoms with Crippen molar-refractivity contribution in [3.05, 3.63) is 118 Å². The number of anilines is 1. The Kier molecular flexibility index (Phi) is 14.8. The van der Waals surface area contributed by atoms with Crippen LogP contribution >= 0.6 is 0 Å². The zero-order valence-corrected chi connectivity index (χ0v) is 34.6. The summed E-state index contributed by atoms with van der Waals surface area (Å²) in [6, 6.07) is 24.5. The van der Waals surface area contributed by atoms with Crippen molar-refractivity contribution >= 4 is 22.5 Å². The number of benzene rings is 4. The first kappa shape index (κ1) is 41.7. The monoisotopic (exact) mass is 745 g/mol. The fourth-order valence-corrected chi connectivity index (χ4v) is 7.98. The van der Waals surface area contributed by atoms with Gasteiger partial charge in [-0.15, -0.1) is 0 Å². The third kappa shape index (κ3) is 10.3. The molecule has 0 saturated heterocycles. The van der Waals surface area contributed by atoms with Crippen LogP contribution < -0.4 is 5.32 Å². The summed E-state index contributed by atoms with van der Waals surface area (Å²) in [7, 11) is 0. The van der Waals surface area contributed by atoms with Gasteiger partial charge in [0.05, 0.1) is 0 Å². The Balaban J connectivity index is 0.00000285. The largest absolute Gasteiger partial charge is 0.507 e. The molecule has 6 heteroatoms. The maximum atomic E-state index is 13.6. The van der Waals surface area contributed by atoms with Crippen molar-refractivity contribution in [1.82, 2.24) is 9.47 Å². The third-order valence-electron chi connectivity index (χ3n) is 11.7. The molecule has 0 aliphatic heterocycles. The summed E-state index contributed by atoms with van der Waals surface area (Å²) in [5.74, 6) is 1.19. The van der Waals surface area contributed by atoms with Gasteiger partial charge < -0.3 is 19.9 Å². The first-order chi connectivity index (χ1) is 26.5. The Morgan fingerprint density at radius 3 is 2.24 bits per heavy atom. The quantitative estimate of drug-likeness (QED) is 0.106. The molecule has 1 aliphatic rings. The van der Waals surface area contributed by atoms with Gasteiger partial charge in [-0.25, -0.2) is 4.39 Å².